The molecule has 0 spiro atoms. The van der Waals surface area contributed by atoms with E-state index in [2.05, 4.69) is 4.98 Å². The highest BCUT2D eigenvalue weighted by molar-refractivity contribution is 6.15. The van der Waals surface area contributed by atoms with Crippen LogP contribution in [0.3, 0.4) is 0 Å². The smallest absolute Gasteiger partial charge is 0.276 e. The van der Waals surface area contributed by atoms with E-state index in [9.17, 15) is 13.6 Å². The Bertz CT molecular complexity index is 684. The molecule has 0 aromatic carbocycles. The summed E-state index contributed by atoms with van der Waals surface area (Å²) >= 11 is 6.11. The molecule has 1 aromatic rings. The number of amides is 1. The lowest BCUT2D eigenvalue weighted by Gasteiger charge is -2.40. The molecular weight excluding hydrogens is 352 g/mol. The van der Waals surface area contributed by atoms with Gasteiger partial charge in [0.1, 0.15) is 5.92 Å². The van der Waals surface area contributed by atoms with E-state index < -0.39 is 24.3 Å². The maximum Gasteiger partial charge on any atom is 0.276 e. The summed E-state index contributed by atoms with van der Waals surface area (Å²) in [6, 6.07) is 1.74. The molecule has 6 nitrogen and oxygen atoms in total. The number of aromatic nitrogens is 1. The van der Waals surface area contributed by atoms with E-state index in [-0.39, 0.29) is 6.42 Å². The maximum absolute atomic E-state index is 14.6. The van der Waals surface area contributed by atoms with Gasteiger partial charge in [-0.3, -0.25) is 14.8 Å². The Labute approximate surface area is 150 Å². The molecule has 9 heteroatoms. The largest absolute Gasteiger partial charge is 0.362 e. The molecule has 0 radical (unpaired) electrons. The maximum atomic E-state index is 14.6. The van der Waals surface area contributed by atoms with Gasteiger partial charge in [0, 0.05) is 44.8 Å². The van der Waals surface area contributed by atoms with Crippen molar-refractivity contribution in [2.24, 2.45) is 5.92 Å². The first kappa shape index (κ1) is 17.7. The van der Waals surface area contributed by atoms with E-state index in [0.717, 1.165) is 0 Å². The van der Waals surface area contributed by atoms with Crippen LogP contribution >= 0.6 is 11.8 Å². The van der Waals surface area contributed by atoms with Gasteiger partial charge in [-0.25, -0.2) is 13.3 Å². The standard InChI is InChI=1S/C16H20ClF2N5O/c1-21(2)15(25)12-5-9-22(11-16(12,18)19)14-10-20-6-4-13(14)23-7-3-8-24(23)17/h3-4,6,8,10,12H,5,7,9,11H2,1-2H3. The lowest BCUT2D eigenvalue weighted by Crippen LogP contribution is -2.53. The average Bonchev–Trinajstić information content (AvgIpc) is 2.99. The predicted octanol–water partition coefficient (Wildman–Crippen LogP) is 2.34. The van der Waals surface area contributed by atoms with E-state index in [1.54, 1.807) is 34.6 Å². The second-order valence-corrected chi connectivity index (χ2v) is 6.72. The normalized spacial score (nSPS) is 22.4. The fraction of sp³-hybridized carbons (Fsp3) is 0.500. The Balaban J connectivity index is 1.84. The van der Waals surface area contributed by atoms with Gasteiger partial charge in [0.05, 0.1) is 30.7 Å². The molecule has 1 aromatic heterocycles. The summed E-state index contributed by atoms with van der Waals surface area (Å²) in [5, 5.41) is 1.76. The Kier molecular flexibility index (Phi) is 4.73. The first-order valence-electron chi connectivity index (χ1n) is 7.98. The van der Waals surface area contributed by atoms with Crippen LogP contribution in [0.4, 0.5) is 20.2 Å². The van der Waals surface area contributed by atoms with Crippen molar-refractivity contribution in [2.75, 3.05) is 43.6 Å². The summed E-state index contributed by atoms with van der Waals surface area (Å²) in [5.41, 5.74) is 1.27. The molecule has 1 atom stereocenters. The van der Waals surface area contributed by atoms with E-state index in [4.69, 9.17) is 11.8 Å². The van der Waals surface area contributed by atoms with E-state index in [1.165, 1.54) is 23.5 Å². The molecule has 25 heavy (non-hydrogen) atoms. The van der Waals surface area contributed by atoms with Crippen LogP contribution in [0, 0.1) is 5.92 Å². The van der Waals surface area contributed by atoms with Crippen molar-refractivity contribution in [1.82, 2.24) is 14.4 Å². The molecule has 1 amide bonds. The monoisotopic (exact) mass is 371 g/mol. The number of carbonyl (C=O) groups is 1. The van der Waals surface area contributed by atoms with Crippen molar-refractivity contribution >= 4 is 29.1 Å². The highest BCUT2D eigenvalue weighted by Crippen LogP contribution is 2.39. The fourth-order valence-electron chi connectivity index (χ4n) is 3.20. The van der Waals surface area contributed by atoms with Gasteiger partial charge in [-0.05, 0) is 18.6 Å². The number of rotatable bonds is 3. The molecule has 1 fully saturated rings. The lowest BCUT2D eigenvalue weighted by atomic mass is 9.91. The Morgan fingerprint density at radius 2 is 2.16 bits per heavy atom. The van der Waals surface area contributed by atoms with E-state index >= 15 is 0 Å². The number of nitrogens with zero attached hydrogens (tertiary/aromatic N) is 5. The molecule has 3 heterocycles. The van der Waals surface area contributed by atoms with Crippen molar-refractivity contribution in [1.29, 1.82) is 0 Å². The molecule has 2 aliphatic heterocycles. The van der Waals surface area contributed by atoms with Crippen LogP contribution in [0.5, 0.6) is 0 Å². The first-order chi connectivity index (χ1) is 11.8. The predicted molar refractivity (Wildman–Crippen MR) is 92.4 cm³/mol. The SMILES string of the molecule is CN(C)C(=O)C1CCN(c2cnccc2N2CC=CN2Cl)CC1(F)F. The Hall–Kier alpha value is -2.09. The van der Waals surface area contributed by atoms with Gasteiger partial charge >= 0.3 is 0 Å². The second kappa shape index (κ2) is 6.67. The Morgan fingerprint density at radius 1 is 1.40 bits per heavy atom. The molecule has 136 valence electrons. The summed E-state index contributed by atoms with van der Waals surface area (Å²) in [5.74, 6) is -4.94. The summed E-state index contributed by atoms with van der Waals surface area (Å²) < 4.78 is 30.6. The van der Waals surface area contributed by atoms with Gasteiger partial charge in [-0.15, -0.1) is 0 Å². The van der Waals surface area contributed by atoms with Crippen molar-refractivity contribution in [3.05, 3.63) is 30.7 Å². The fourth-order valence-corrected chi connectivity index (χ4v) is 3.42. The van der Waals surface area contributed by atoms with Gasteiger partial charge in [0.15, 0.2) is 0 Å². The summed E-state index contributed by atoms with van der Waals surface area (Å²) in [4.78, 5) is 18.9. The molecule has 2 aliphatic rings. The highest BCUT2D eigenvalue weighted by Gasteiger charge is 2.49. The van der Waals surface area contributed by atoms with Crippen molar-refractivity contribution in [3.63, 3.8) is 0 Å². The molecule has 1 saturated heterocycles. The number of hydrogen-bond acceptors (Lipinski definition) is 5. The third-order valence-electron chi connectivity index (χ3n) is 4.47. The molecule has 1 unspecified atom stereocenters. The van der Waals surface area contributed by atoms with E-state index in [0.29, 0.717) is 24.5 Å². The zero-order chi connectivity index (χ0) is 18.2. The number of alkyl halides is 2. The topological polar surface area (TPSA) is 42.9 Å². The van der Waals surface area contributed by atoms with Crippen molar-refractivity contribution in [3.8, 4) is 0 Å². The summed E-state index contributed by atoms with van der Waals surface area (Å²) in [7, 11) is 3.00. The molecule has 0 aliphatic carbocycles. The minimum absolute atomic E-state index is 0.0845. The van der Waals surface area contributed by atoms with Crippen molar-refractivity contribution < 1.29 is 13.6 Å². The van der Waals surface area contributed by atoms with Gasteiger partial charge in [0.2, 0.25) is 5.91 Å². The van der Waals surface area contributed by atoms with Gasteiger partial charge in [-0.2, -0.15) is 0 Å². The number of halogens is 3. The third kappa shape index (κ3) is 3.35. The zero-order valence-corrected chi connectivity index (χ0v) is 14.8. The van der Waals surface area contributed by atoms with Crippen molar-refractivity contribution in [2.45, 2.75) is 12.3 Å². The van der Waals surface area contributed by atoms with E-state index in [1.807, 2.05) is 6.08 Å². The number of hydrazine groups is 1. The molecule has 0 bridgehead atoms. The van der Waals surface area contributed by atoms with Crippen LogP contribution in [0.2, 0.25) is 0 Å². The lowest BCUT2D eigenvalue weighted by molar-refractivity contribution is -0.149. The average molecular weight is 372 g/mol. The molecular formula is C16H20ClF2N5O. The molecule has 0 saturated carbocycles. The Morgan fingerprint density at radius 3 is 2.76 bits per heavy atom. The quantitative estimate of drug-likeness (QED) is 0.763. The number of carbonyl (C=O) groups excluding carboxylic acids is 1. The minimum Gasteiger partial charge on any atom is -0.362 e. The minimum atomic E-state index is -3.11. The van der Waals surface area contributed by atoms with Gasteiger partial charge in [0.25, 0.3) is 5.92 Å². The number of anilines is 2. The van der Waals surface area contributed by atoms with Crippen LogP contribution in [0.25, 0.3) is 0 Å². The van der Waals surface area contributed by atoms with Crippen LogP contribution in [0.1, 0.15) is 6.42 Å². The first-order valence-corrected chi connectivity index (χ1v) is 8.32. The van der Waals surface area contributed by atoms with Crippen LogP contribution < -0.4 is 9.91 Å². The number of pyridine rings is 1. The van der Waals surface area contributed by atoms with Gasteiger partial charge < -0.3 is 9.80 Å². The zero-order valence-electron chi connectivity index (χ0n) is 14.1. The second-order valence-electron chi connectivity index (χ2n) is 6.38. The highest BCUT2D eigenvalue weighted by atomic mass is 35.5. The summed E-state index contributed by atoms with van der Waals surface area (Å²) in [6.07, 6.45) is 6.81. The van der Waals surface area contributed by atoms with Crippen LogP contribution in [-0.4, -0.2) is 60.0 Å². The van der Waals surface area contributed by atoms with Crippen LogP contribution in [0.15, 0.2) is 30.7 Å². The van der Waals surface area contributed by atoms with Gasteiger partial charge in [-0.1, -0.05) is 0 Å². The summed E-state index contributed by atoms with van der Waals surface area (Å²) in [6.45, 7) is 0.369. The third-order valence-corrected chi connectivity index (χ3v) is 4.77. The molecule has 3 rings (SSSR count). The number of piperidine rings is 1. The molecule has 0 N–H and O–H groups in total. The van der Waals surface area contributed by atoms with Crippen LogP contribution in [-0.2, 0) is 4.79 Å². The number of hydrogen-bond donors (Lipinski definition) is 0.